The van der Waals surface area contributed by atoms with E-state index in [1.807, 2.05) is 13.8 Å². The molecule has 0 heterocycles. The number of rotatable bonds is 4. The van der Waals surface area contributed by atoms with Gasteiger partial charge < -0.3 is 4.74 Å². The quantitative estimate of drug-likeness (QED) is 0.448. The molecule has 170 valence electrons. The second-order valence-corrected chi connectivity index (χ2v) is 8.76. The molecule has 3 heteroatoms. The number of alkyl halides is 2. The van der Waals surface area contributed by atoms with Crippen LogP contribution in [0, 0.1) is 17.8 Å². The topological polar surface area (TPSA) is 9.23 Å². The molecule has 0 aromatic carbocycles. The molecule has 0 N–H and O–H groups in total. The van der Waals surface area contributed by atoms with Gasteiger partial charge in [-0.05, 0) is 62.5 Å². The van der Waals surface area contributed by atoms with E-state index in [1.165, 1.54) is 38.5 Å². The number of allylic oxidation sites excluding steroid dienone is 4. The lowest BCUT2D eigenvalue weighted by atomic mass is 9.71. The minimum absolute atomic E-state index is 0.139. The first-order valence-corrected chi connectivity index (χ1v) is 12.3. The minimum atomic E-state index is -1.63. The van der Waals surface area contributed by atoms with Crippen LogP contribution in [-0.2, 0) is 4.74 Å². The summed E-state index contributed by atoms with van der Waals surface area (Å²) in [6.07, 6.45) is 13.8. The fourth-order valence-electron chi connectivity index (χ4n) is 5.10. The average molecular weight is 413 g/mol. The Balaban J connectivity index is 0.000000268. The largest absolute Gasteiger partial charge is 0.495 e. The molecule has 2 fully saturated rings. The zero-order valence-corrected chi connectivity index (χ0v) is 19.9. The van der Waals surface area contributed by atoms with Crippen molar-refractivity contribution in [2.45, 2.75) is 118 Å². The van der Waals surface area contributed by atoms with E-state index in [0.29, 0.717) is 17.8 Å². The molecule has 29 heavy (non-hydrogen) atoms. The third-order valence-corrected chi connectivity index (χ3v) is 6.86. The van der Waals surface area contributed by atoms with Crippen LogP contribution >= 0.6 is 0 Å². The lowest BCUT2D eigenvalue weighted by molar-refractivity contribution is 0.117. The van der Waals surface area contributed by atoms with Crippen molar-refractivity contribution in [1.29, 1.82) is 0 Å². The van der Waals surface area contributed by atoms with Gasteiger partial charge >= 0.3 is 0 Å². The Morgan fingerprint density at radius 3 is 1.90 bits per heavy atom. The molecule has 3 aliphatic carbocycles. The van der Waals surface area contributed by atoms with E-state index in [1.54, 1.807) is 52.5 Å². The molecule has 0 aliphatic heterocycles. The van der Waals surface area contributed by atoms with E-state index in [9.17, 15) is 8.78 Å². The van der Waals surface area contributed by atoms with Gasteiger partial charge in [0.15, 0.2) is 12.3 Å². The van der Waals surface area contributed by atoms with Crippen molar-refractivity contribution in [1.82, 2.24) is 0 Å². The summed E-state index contributed by atoms with van der Waals surface area (Å²) in [5.41, 5.74) is 1.11. The molecule has 2 unspecified atom stereocenters. The maximum atomic E-state index is 13.3. The fourth-order valence-corrected chi connectivity index (χ4v) is 5.10. The second-order valence-electron chi connectivity index (χ2n) is 8.76. The summed E-state index contributed by atoms with van der Waals surface area (Å²) in [6.45, 7) is 11.8. The molecular formula is C26H46F2O. The van der Waals surface area contributed by atoms with E-state index in [4.69, 9.17) is 4.74 Å². The Bertz CT molecular complexity index is 497. The van der Waals surface area contributed by atoms with E-state index >= 15 is 0 Å². The van der Waals surface area contributed by atoms with Crippen LogP contribution in [0.25, 0.3) is 0 Å². The second kappa shape index (κ2) is 14.2. The first-order chi connectivity index (χ1) is 14.0. The van der Waals surface area contributed by atoms with Crippen LogP contribution in [0.15, 0.2) is 23.0 Å². The monoisotopic (exact) mass is 412 g/mol. The van der Waals surface area contributed by atoms with E-state index < -0.39 is 12.3 Å². The molecule has 1 nitrogen and oxygen atoms in total. The molecule has 2 saturated carbocycles. The number of ether oxygens (including phenoxy) is 1. The van der Waals surface area contributed by atoms with Gasteiger partial charge in [-0.1, -0.05) is 78.2 Å². The minimum Gasteiger partial charge on any atom is -0.495 e. The van der Waals surface area contributed by atoms with Crippen LogP contribution in [0.5, 0.6) is 0 Å². The van der Waals surface area contributed by atoms with Gasteiger partial charge in [0.05, 0.1) is 6.61 Å². The van der Waals surface area contributed by atoms with Crippen molar-refractivity contribution in [3.8, 4) is 0 Å². The number of hydrogen-bond acceptors (Lipinski definition) is 1. The Morgan fingerprint density at radius 1 is 0.828 bits per heavy atom. The normalized spacial score (nSPS) is 30.4. The van der Waals surface area contributed by atoms with Crippen LogP contribution in [0.3, 0.4) is 0 Å². The number of hydrogen-bond donors (Lipinski definition) is 0. The van der Waals surface area contributed by atoms with Gasteiger partial charge in [0.1, 0.15) is 5.76 Å². The summed E-state index contributed by atoms with van der Waals surface area (Å²) in [5.74, 6) is 3.47. The summed E-state index contributed by atoms with van der Waals surface area (Å²) in [5, 5.41) is 0. The Morgan fingerprint density at radius 2 is 1.38 bits per heavy atom. The average Bonchev–Trinajstić information content (AvgIpc) is 2.78. The van der Waals surface area contributed by atoms with Crippen molar-refractivity contribution in [2.24, 2.45) is 17.8 Å². The van der Waals surface area contributed by atoms with Gasteiger partial charge in [-0.3, -0.25) is 0 Å². The van der Waals surface area contributed by atoms with Crippen LogP contribution in [-0.4, -0.2) is 19.0 Å². The van der Waals surface area contributed by atoms with Crippen LogP contribution < -0.4 is 0 Å². The highest BCUT2D eigenvalue weighted by molar-refractivity contribution is 5.34. The highest BCUT2D eigenvalue weighted by atomic mass is 19.2. The van der Waals surface area contributed by atoms with Gasteiger partial charge in [0.25, 0.3) is 0 Å². The summed E-state index contributed by atoms with van der Waals surface area (Å²) >= 11 is 0. The van der Waals surface area contributed by atoms with Crippen molar-refractivity contribution in [2.75, 3.05) is 6.61 Å². The maximum absolute atomic E-state index is 13.3. The van der Waals surface area contributed by atoms with Crippen molar-refractivity contribution < 1.29 is 13.5 Å². The molecule has 0 amide bonds. The molecule has 3 rings (SSSR count). The summed E-state index contributed by atoms with van der Waals surface area (Å²) in [4.78, 5) is 0. The van der Waals surface area contributed by atoms with E-state index in [0.717, 1.165) is 17.8 Å². The number of halogens is 2. The predicted octanol–water partition coefficient (Wildman–Crippen LogP) is 8.74. The summed E-state index contributed by atoms with van der Waals surface area (Å²) in [7, 11) is 0. The van der Waals surface area contributed by atoms with Crippen LogP contribution in [0.1, 0.15) is 106 Å². The lowest BCUT2D eigenvalue weighted by Crippen LogP contribution is -2.26. The molecule has 0 aromatic heterocycles. The third kappa shape index (κ3) is 8.06. The molecule has 0 radical (unpaired) electrons. The smallest absolute Gasteiger partial charge is 0.192 e. The van der Waals surface area contributed by atoms with Gasteiger partial charge in [0, 0.05) is 0 Å². The SMILES string of the molecule is CC.CCC1CCC(C2CCCCC2)CC1.CCOC1=C(C)C=C(C)C(F)C1F. The Labute approximate surface area is 179 Å². The third-order valence-electron chi connectivity index (χ3n) is 6.86. The Kier molecular flexibility index (Phi) is 12.8. The molecule has 3 aliphatic rings. The zero-order valence-electron chi connectivity index (χ0n) is 19.9. The maximum Gasteiger partial charge on any atom is 0.192 e. The first-order valence-electron chi connectivity index (χ1n) is 12.3. The summed E-state index contributed by atoms with van der Waals surface area (Å²) < 4.78 is 31.5. The molecule has 2 atom stereocenters. The lowest BCUT2D eigenvalue weighted by Gasteiger charge is -2.35. The van der Waals surface area contributed by atoms with Gasteiger partial charge in [-0.25, -0.2) is 8.78 Å². The Hall–Kier alpha value is -0.860. The molecule has 0 aromatic rings. The van der Waals surface area contributed by atoms with Crippen molar-refractivity contribution in [3.63, 3.8) is 0 Å². The highest BCUT2D eigenvalue weighted by Gasteiger charge is 2.32. The fraction of sp³-hybridized carbons (Fsp3) is 0.846. The van der Waals surface area contributed by atoms with Gasteiger partial charge in [-0.15, -0.1) is 0 Å². The first kappa shape index (κ1) is 26.2. The summed E-state index contributed by atoms with van der Waals surface area (Å²) in [6, 6.07) is 0. The highest BCUT2D eigenvalue weighted by Crippen LogP contribution is 2.40. The molecular weight excluding hydrogens is 366 g/mol. The molecule has 0 bridgehead atoms. The van der Waals surface area contributed by atoms with Crippen LogP contribution in [0.2, 0.25) is 0 Å². The van der Waals surface area contributed by atoms with Gasteiger partial charge in [0.2, 0.25) is 0 Å². The van der Waals surface area contributed by atoms with Crippen molar-refractivity contribution in [3.05, 3.63) is 23.0 Å². The van der Waals surface area contributed by atoms with Crippen molar-refractivity contribution >= 4 is 0 Å². The molecule has 0 saturated heterocycles. The molecule has 0 spiro atoms. The van der Waals surface area contributed by atoms with E-state index in [-0.39, 0.29) is 5.76 Å². The van der Waals surface area contributed by atoms with Gasteiger partial charge in [-0.2, -0.15) is 0 Å². The van der Waals surface area contributed by atoms with Crippen LogP contribution in [0.4, 0.5) is 8.78 Å². The van der Waals surface area contributed by atoms with E-state index in [2.05, 4.69) is 6.92 Å². The zero-order chi connectivity index (χ0) is 21.8. The standard InChI is InChI=1S/C14H26.C10H14F2O.C2H6/c1-2-12-8-10-14(11-9-12)13-6-4-3-5-7-13;1-4-13-10-7(3)5-6(2)8(11)9(10)12;1-2/h12-14H,2-11H2,1H3;5,8-9H,4H2,1-3H3;1-2H3. The predicted molar refractivity (Wildman–Crippen MR) is 122 cm³/mol.